The van der Waals surface area contributed by atoms with E-state index >= 15 is 0 Å². The van der Waals surface area contributed by atoms with Gasteiger partial charge >= 0.3 is 0 Å². The van der Waals surface area contributed by atoms with Crippen LogP contribution in [-0.4, -0.2) is 41.9 Å². The molecular weight excluding hydrogens is 549 g/mol. The molecule has 3 heterocycles. The molecular formula is C28H29BrFN7O. The predicted octanol–water partition coefficient (Wildman–Crippen LogP) is 6.54. The van der Waals surface area contributed by atoms with E-state index in [2.05, 4.69) is 78.3 Å². The van der Waals surface area contributed by atoms with Gasteiger partial charge in [-0.3, -0.25) is 0 Å². The molecule has 3 aromatic heterocycles. The number of tetrazole rings is 1. The molecule has 0 saturated heterocycles. The van der Waals surface area contributed by atoms with E-state index in [9.17, 15) is 4.39 Å². The summed E-state index contributed by atoms with van der Waals surface area (Å²) >= 11 is 3.42. The van der Waals surface area contributed by atoms with Crippen molar-refractivity contribution in [2.45, 2.75) is 52.6 Å². The topological polar surface area (TPSA) is 83.5 Å². The third kappa shape index (κ3) is 5.10. The van der Waals surface area contributed by atoms with Crippen LogP contribution in [0.3, 0.4) is 0 Å². The maximum Gasteiger partial charge on any atom is 0.185 e. The first-order valence-corrected chi connectivity index (χ1v) is 13.4. The number of ether oxygens (including phenoxy) is 1. The van der Waals surface area contributed by atoms with E-state index in [4.69, 9.17) is 9.72 Å². The van der Waals surface area contributed by atoms with Crippen molar-refractivity contribution < 1.29 is 9.13 Å². The largest absolute Gasteiger partial charge is 0.360 e. The van der Waals surface area contributed by atoms with E-state index in [1.54, 1.807) is 11.8 Å². The number of aryl methyl sites for hydroxylation is 1. The van der Waals surface area contributed by atoms with Gasteiger partial charge in [0, 0.05) is 23.6 Å². The van der Waals surface area contributed by atoms with Crippen molar-refractivity contribution in [3.8, 4) is 22.5 Å². The number of halogens is 2. The molecule has 0 bridgehead atoms. The molecule has 0 aliphatic carbocycles. The molecule has 5 rings (SSSR count). The molecule has 0 amide bonds. The first-order chi connectivity index (χ1) is 18.5. The highest BCUT2D eigenvalue weighted by molar-refractivity contribution is 9.10. The molecule has 1 atom stereocenters. The molecule has 0 N–H and O–H groups in total. The molecule has 0 aliphatic heterocycles. The molecule has 2 aromatic carbocycles. The van der Waals surface area contributed by atoms with E-state index in [1.165, 1.54) is 0 Å². The van der Waals surface area contributed by atoms with Crippen molar-refractivity contribution in [2.24, 2.45) is 0 Å². The highest BCUT2D eigenvalue weighted by Gasteiger charge is 2.18. The lowest BCUT2D eigenvalue weighted by Crippen LogP contribution is -2.11. The third-order valence-electron chi connectivity index (χ3n) is 6.66. The van der Waals surface area contributed by atoms with Crippen LogP contribution in [-0.2, 0) is 24.4 Å². The summed E-state index contributed by atoms with van der Waals surface area (Å²) < 4.78 is 23.4. The second kappa shape index (κ2) is 11.5. The summed E-state index contributed by atoms with van der Waals surface area (Å²) in [6, 6.07) is 18.3. The Balaban J connectivity index is 1.49. The molecule has 0 radical (unpaired) electrons. The molecule has 1 unspecified atom stereocenters. The summed E-state index contributed by atoms with van der Waals surface area (Å²) in [6.07, 6.45) is 2.64. The number of nitrogens with zero attached hydrogens (tertiary/aromatic N) is 7. The summed E-state index contributed by atoms with van der Waals surface area (Å²) in [6.45, 7) is 4.03. The van der Waals surface area contributed by atoms with Crippen molar-refractivity contribution in [1.29, 1.82) is 0 Å². The monoisotopic (exact) mass is 577 g/mol. The van der Waals surface area contributed by atoms with Gasteiger partial charge in [-0.15, -0.1) is 5.10 Å². The zero-order valence-corrected chi connectivity index (χ0v) is 23.2. The Morgan fingerprint density at radius 2 is 1.82 bits per heavy atom. The number of benzene rings is 2. The number of aromatic nitrogens is 7. The fourth-order valence-electron chi connectivity index (χ4n) is 4.51. The zero-order chi connectivity index (χ0) is 26.6. The van der Waals surface area contributed by atoms with Gasteiger partial charge in [-0.05, 0) is 62.5 Å². The maximum absolute atomic E-state index is 13.6. The number of imidazole rings is 1. The second-order valence-electron chi connectivity index (χ2n) is 9.14. The molecule has 8 nitrogen and oxygen atoms in total. The van der Waals surface area contributed by atoms with Gasteiger partial charge in [0.1, 0.15) is 18.0 Å². The van der Waals surface area contributed by atoms with Gasteiger partial charge in [0.05, 0.1) is 12.2 Å². The van der Waals surface area contributed by atoms with E-state index in [0.717, 1.165) is 52.9 Å². The first-order valence-electron chi connectivity index (χ1n) is 12.6. The Morgan fingerprint density at radius 1 is 1.05 bits per heavy atom. The van der Waals surface area contributed by atoms with Crippen molar-refractivity contribution in [3.63, 3.8) is 0 Å². The third-order valence-corrected chi connectivity index (χ3v) is 7.34. The number of hydrogen-bond donors (Lipinski definition) is 0. The Kier molecular flexibility index (Phi) is 7.90. The molecule has 5 aromatic rings. The van der Waals surface area contributed by atoms with Crippen LogP contribution >= 0.6 is 15.9 Å². The van der Waals surface area contributed by atoms with Crippen LogP contribution in [0.2, 0.25) is 0 Å². The van der Waals surface area contributed by atoms with E-state index in [1.807, 2.05) is 31.2 Å². The van der Waals surface area contributed by atoms with E-state index < -0.39 is 6.67 Å². The average molecular weight is 578 g/mol. The standard InChI is InChI=1S/C28H29BrFN7O/c1-4-5-10-26-31-24-15-23(29)25(16-30)32-28(24)36(26)17-19-11-13-20(14-12-19)21-8-6-7-9-22(21)27-33-34-35-37(27)18(2)38-3/h6-9,11-15,18H,4-5,10,16-17H2,1-3H3. The lowest BCUT2D eigenvalue weighted by Gasteiger charge is -2.14. The fraction of sp³-hybridized carbons (Fsp3) is 0.321. The van der Waals surface area contributed by atoms with Gasteiger partial charge in [0.15, 0.2) is 17.7 Å². The SMILES string of the molecule is CCCCc1nc2cc(Br)c(CF)nc2n1Cc1ccc(-c2ccccc2-c2nnnn2C(C)OC)cc1. The van der Waals surface area contributed by atoms with Gasteiger partial charge in [0.2, 0.25) is 0 Å². The molecule has 0 aliphatic rings. The zero-order valence-electron chi connectivity index (χ0n) is 21.6. The Labute approximate surface area is 229 Å². The number of alkyl halides is 1. The number of hydrogen-bond acceptors (Lipinski definition) is 6. The maximum atomic E-state index is 13.6. The highest BCUT2D eigenvalue weighted by Crippen LogP contribution is 2.32. The molecule has 196 valence electrons. The lowest BCUT2D eigenvalue weighted by molar-refractivity contribution is 0.0500. The van der Waals surface area contributed by atoms with Crippen LogP contribution < -0.4 is 0 Å². The van der Waals surface area contributed by atoms with Gasteiger partial charge in [-0.1, -0.05) is 61.9 Å². The minimum Gasteiger partial charge on any atom is -0.360 e. The lowest BCUT2D eigenvalue weighted by atomic mass is 9.98. The number of pyridine rings is 1. The minimum atomic E-state index is -0.632. The Morgan fingerprint density at radius 3 is 2.53 bits per heavy atom. The quantitative estimate of drug-likeness (QED) is 0.187. The van der Waals surface area contributed by atoms with Crippen LogP contribution in [0.15, 0.2) is 59.1 Å². The summed E-state index contributed by atoms with van der Waals surface area (Å²) in [7, 11) is 1.63. The van der Waals surface area contributed by atoms with Crippen molar-refractivity contribution >= 4 is 27.1 Å². The van der Waals surface area contributed by atoms with Gasteiger partial charge < -0.3 is 9.30 Å². The summed E-state index contributed by atoms with van der Waals surface area (Å²) in [5.74, 6) is 1.61. The molecule has 0 spiro atoms. The van der Waals surface area contributed by atoms with Gasteiger partial charge in [0.25, 0.3) is 0 Å². The second-order valence-corrected chi connectivity index (χ2v) is 9.99. The van der Waals surface area contributed by atoms with E-state index in [-0.39, 0.29) is 6.23 Å². The van der Waals surface area contributed by atoms with Crippen LogP contribution in [0.4, 0.5) is 4.39 Å². The van der Waals surface area contributed by atoms with Gasteiger partial charge in [-0.25, -0.2) is 14.4 Å². The fourth-order valence-corrected chi connectivity index (χ4v) is 4.92. The average Bonchev–Trinajstić information content (AvgIpc) is 3.56. The van der Waals surface area contributed by atoms with E-state index in [0.29, 0.717) is 28.2 Å². The number of unbranched alkanes of at least 4 members (excludes halogenated alkanes) is 1. The van der Waals surface area contributed by atoms with Crippen LogP contribution in [0.1, 0.15) is 50.0 Å². The van der Waals surface area contributed by atoms with Gasteiger partial charge in [-0.2, -0.15) is 4.68 Å². The molecule has 0 fully saturated rings. The van der Waals surface area contributed by atoms with Crippen LogP contribution in [0.25, 0.3) is 33.7 Å². The summed E-state index contributed by atoms with van der Waals surface area (Å²) in [5.41, 5.74) is 5.96. The predicted molar refractivity (Wildman–Crippen MR) is 148 cm³/mol. The Hall–Kier alpha value is -3.50. The highest BCUT2D eigenvalue weighted by atomic mass is 79.9. The molecule has 10 heteroatoms. The molecule has 38 heavy (non-hydrogen) atoms. The number of methoxy groups -OCH3 is 1. The van der Waals surface area contributed by atoms with Crippen molar-refractivity contribution in [3.05, 3.63) is 76.2 Å². The number of rotatable bonds is 10. The van der Waals surface area contributed by atoms with Crippen LogP contribution in [0.5, 0.6) is 0 Å². The molecule has 0 saturated carbocycles. The normalized spacial score (nSPS) is 12.3. The Bertz CT molecular complexity index is 1550. The number of fused-ring (bicyclic) bond motifs is 1. The van der Waals surface area contributed by atoms with Crippen molar-refractivity contribution in [2.75, 3.05) is 7.11 Å². The minimum absolute atomic E-state index is 0.297. The smallest absolute Gasteiger partial charge is 0.185 e. The van der Waals surface area contributed by atoms with Crippen molar-refractivity contribution in [1.82, 2.24) is 34.7 Å². The van der Waals surface area contributed by atoms with Crippen LogP contribution in [0, 0.1) is 0 Å². The summed E-state index contributed by atoms with van der Waals surface area (Å²) in [5, 5.41) is 12.3. The summed E-state index contributed by atoms with van der Waals surface area (Å²) in [4.78, 5) is 9.43. The first kappa shape index (κ1) is 26.1.